The van der Waals surface area contributed by atoms with Crippen molar-refractivity contribution in [3.05, 3.63) is 66.0 Å². The van der Waals surface area contributed by atoms with Crippen LogP contribution in [-0.4, -0.2) is 42.4 Å². The van der Waals surface area contributed by atoms with Gasteiger partial charge in [0.1, 0.15) is 0 Å². The highest BCUT2D eigenvalue weighted by Crippen LogP contribution is 2.16. The van der Waals surface area contributed by atoms with Gasteiger partial charge in [-0.2, -0.15) is 0 Å². The van der Waals surface area contributed by atoms with Gasteiger partial charge in [0.15, 0.2) is 5.69 Å². The Morgan fingerprint density at radius 3 is 2.44 bits per heavy atom. The molecule has 27 heavy (non-hydrogen) atoms. The van der Waals surface area contributed by atoms with E-state index in [4.69, 9.17) is 0 Å². The van der Waals surface area contributed by atoms with Crippen molar-refractivity contribution in [1.82, 2.24) is 20.0 Å². The van der Waals surface area contributed by atoms with Crippen molar-refractivity contribution in [3.8, 4) is 0 Å². The van der Waals surface area contributed by atoms with Crippen molar-refractivity contribution in [2.24, 2.45) is 0 Å². The predicted molar refractivity (Wildman–Crippen MR) is 98.9 cm³/mol. The maximum Gasteiger partial charge on any atom is 0.272 e. The summed E-state index contributed by atoms with van der Waals surface area (Å²) in [4.78, 5) is 28.3. The van der Waals surface area contributed by atoms with Gasteiger partial charge in [-0.25, -0.2) is 13.4 Å². The summed E-state index contributed by atoms with van der Waals surface area (Å²) in [7, 11) is -3.62. The lowest BCUT2D eigenvalue weighted by Crippen LogP contribution is -2.36. The number of nitrogens with one attached hydrogen (secondary N) is 2. The van der Waals surface area contributed by atoms with E-state index in [2.05, 4.69) is 15.6 Å². The van der Waals surface area contributed by atoms with Crippen molar-refractivity contribution in [3.63, 3.8) is 0 Å². The van der Waals surface area contributed by atoms with E-state index in [1.54, 1.807) is 18.2 Å². The zero-order valence-electron chi connectivity index (χ0n) is 14.5. The number of hydrogen-bond acceptors (Lipinski definition) is 5. The number of imidazole rings is 1. The number of rotatable bonds is 6. The van der Waals surface area contributed by atoms with Gasteiger partial charge in [-0.3, -0.25) is 14.0 Å². The number of nitrogens with zero attached hydrogens (tertiary/aromatic N) is 2. The molecule has 0 aliphatic heterocycles. The molecule has 0 radical (unpaired) electrons. The number of amides is 2. The van der Waals surface area contributed by atoms with Crippen molar-refractivity contribution in [1.29, 1.82) is 0 Å². The molecule has 0 unspecified atom stereocenters. The average Bonchev–Trinajstić information content (AvgIpc) is 3.05. The fraction of sp³-hybridized carbons (Fsp3) is 0.167. The van der Waals surface area contributed by atoms with Crippen LogP contribution in [0, 0.1) is 0 Å². The van der Waals surface area contributed by atoms with Crippen molar-refractivity contribution < 1.29 is 18.0 Å². The quantitative estimate of drug-likeness (QED) is 0.651. The molecule has 0 aliphatic carbocycles. The second kappa shape index (κ2) is 7.58. The SMILES string of the molecule is CS(=O)(=O)c1nc(C(=O)NCC(=O)NCc2ccccc2)c2ccccn12. The second-order valence-corrected chi connectivity index (χ2v) is 7.83. The first-order chi connectivity index (χ1) is 12.9. The monoisotopic (exact) mass is 386 g/mol. The zero-order valence-corrected chi connectivity index (χ0v) is 15.4. The van der Waals surface area contributed by atoms with Crippen molar-refractivity contribution in [2.45, 2.75) is 11.7 Å². The summed E-state index contributed by atoms with van der Waals surface area (Å²) in [5.74, 6) is -0.984. The molecule has 0 saturated heterocycles. The van der Waals surface area contributed by atoms with E-state index >= 15 is 0 Å². The third-order valence-corrected chi connectivity index (χ3v) is 4.76. The van der Waals surface area contributed by atoms with E-state index in [1.807, 2.05) is 30.3 Å². The van der Waals surface area contributed by atoms with Crippen LogP contribution in [0.25, 0.3) is 5.52 Å². The Kier molecular flexibility index (Phi) is 5.22. The third kappa shape index (κ3) is 4.32. The molecule has 9 heteroatoms. The molecule has 0 saturated carbocycles. The highest BCUT2D eigenvalue weighted by molar-refractivity contribution is 7.90. The first-order valence-electron chi connectivity index (χ1n) is 8.12. The number of hydrogen-bond donors (Lipinski definition) is 2. The minimum atomic E-state index is -3.62. The van der Waals surface area contributed by atoms with Crippen LogP contribution in [0.5, 0.6) is 0 Å². The molecule has 0 bridgehead atoms. The van der Waals surface area contributed by atoms with Crippen LogP contribution in [-0.2, 0) is 21.2 Å². The molecule has 2 amide bonds. The lowest BCUT2D eigenvalue weighted by atomic mass is 10.2. The standard InChI is InChI=1S/C18H18N4O4S/c1-27(25,26)18-21-16(14-9-5-6-10-22(14)18)17(24)20-12-15(23)19-11-13-7-3-2-4-8-13/h2-10H,11-12H2,1H3,(H,19,23)(H,20,24). The van der Waals surface area contributed by atoms with Crippen molar-refractivity contribution in [2.75, 3.05) is 12.8 Å². The van der Waals surface area contributed by atoms with Crippen LogP contribution >= 0.6 is 0 Å². The number of benzene rings is 1. The van der Waals surface area contributed by atoms with Gasteiger partial charge in [0.25, 0.3) is 5.91 Å². The molecular formula is C18H18N4O4S. The van der Waals surface area contributed by atoms with E-state index in [0.717, 1.165) is 11.8 Å². The Morgan fingerprint density at radius 2 is 1.74 bits per heavy atom. The van der Waals surface area contributed by atoms with Crippen LogP contribution in [0.15, 0.2) is 59.9 Å². The molecule has 140 valence electrons. The van der Waals surface area contributed by atoms with E-state index in [1.165, 1.54) is 10.6 Å². The number of aromatic nitrogens is 2. The van der Waals surface area contributed by atoms with Crippen LogP contribution < -0.4 is 10.6 Å². The van der Waals surface area contributed by atoms with Gasteiger partial charge >= 0.3 is 0 Å². The van der Waals surface area contributed by atoms with E-state index in [0.29, 0.717) is 12.1 Å². The summed E-state index contributed by atoms with van der Waals surface area (Å²) in [6, 6.07) is 14.3. The van der Waals surface area contributed by atoms with E-state index in [9.17, 15) is 18.0 Å². The molecule has 2 aromatic heterocycles. The van der Waals surface area contributed by atoms with Gasteiger partial charge in [0, 0.05) is 19.0 Å². The van der Waals surface area contributed by atoms with Crippen molar-refractivity contribution >= 4 is 27.2 Å². The Hall–Kier alpha value is -3.20. The molecule has 0 fully saturated rings. The van der Waals surface area contributed by atoms with E-state index in [-0.39, 0.29) is 23.3 Å². The fourth-order valence-corrected chi connectivity index (χ4v) is 3.32. The lowest BCUT2D eigenvalue weighted by Gasteiger charge is -2.06. The number of fused-ring (bicyclic) bond motifs is 1. The highest BCUT2D eigenvalue weighted by Gasteiger charge is 2.22. The normalized spacial score (nSPS) is 11.3. The fourth-order valence-electron chi connectivity index (χ4n) is 2.54. The Bertz CT molecular complexity index is 1090. The maximum absolute atomic E-state index is 12.4. The Morgan fingerprint density at radius 1 is 1.04 bits per heavy atom. The van der Waals surface area contributed by atoms with Gasteiger partial charge in [-0.15, -0.1) is 0 Å². The third-order valence-electron chi connectivity index (χ3n) is 3.80. The van der Waals surface area contributed by atoms with Crippen LogP contribution in [0.3, 0.4) is 0 Å². The lowest BCUT2D eigenvalue weighted by molar-refractivity contribution is -0.120. The summed E-state index contributed by atoms with van der Waals surface area (Å²) in [5, 5.41) is 4.94. The molecule has 3 rings (SSSR count). The minimum absolute atomic E-state index is 0.0492. The number of sulfone groups is 1. The topological polar surface area (TPSA) is 110 Å². The average molecular weight is 386 g/mol. The molecule has 3 aromatic rings. The molecule has 0 atom stereocenters. The van der Waals surface area contributed by atoms with Gasteiger partial charge in [-0.1, -0.05) is 36.4 Å². The molecule has 8 nitrogen and oxygen atoms in total. The molecule has 0 spiro atoms. The van der Waals surface area contributed by atoms with Gasteiger partial charge in [0.2, 0.25) is 20.9 Å². The summed E-state index contributed by atoms with van der Waals surface area (Å²) in [6.45, 7) is 0.104. The minimum Gasteiger partial charge on any atom is -0.350 e. The molecule has 0 aliphatic rings. The van der Waals surface area contributed by atoms with E-state index < -0.39 is 15.7 Å². The van der Waals surface area contributed by atoms with Crippen LogP contribution in [0.2, 0.25) is 0 Å². The Labute approximate surface area is 156 Å². The zero-order chi connectivity index (χ0) is 19.4. The van der Waals surface area contributed by atoms with Gasteiger partial charge in [-0.05, 0) is 17.7 Å². The largest absolute Gasteiger partial charge is 0.350 e. The Balaban J connectivity index is 1.69. The number of pyridine rings is 1. The smallest absolute Gasteiger partial charge is 0.272 e. The molecule has 1 aromatic carbocycles. The molecular weight excluding hydrogens is 368 g/mol. The molecule has 2 N–H and O–H groups in total. The van der Waals surface area contributed by atoms with Gasteiger partial charge in [0.05, 0.1) is 12.1 Å². The first kappa shape index (κ1) is 18.6. The second-order valence-electron chi connectivity index (χ2n) is 5.92. The highest BCUT2D eigenvalue weighted by atomic mass is 32.2. The maximum atomic E-state index is 12.4. The first-order valence-corrected chi connectivity index (χ1v) is 10.0. The molecule has 2 heterocycles. The summed E-state index contributed by atoms with van der Waals surface area (Å²) in [6.07, 6.45) is 2.54. The van der Waals surface area contributed by atoms with Crippen LogP contribution in [0.4, 0.5) is 0 Å². The predicted octanol–water partition coefficient (Wildman–Crippen LogP) is 0.784. The van der Waals surface area contributed by atoms with Crippen LogP contribution in [0.1, 0.15) is 16.1 Å². The summed E-state index contributed by atoms with van der Waals surface area (Å²) in [5.41, 5.74) is 1.24. The number of carbonyl (C=O) groups excluding carboxylic acids is 2. The summed E-state index contributed by atoms with van der Waals surface area (Å²) < 4.78 is 25.1. The number of carbonyl (C=O) groups is 2. The summed E-state index contributed by atoms with van der Waals surface area (Å²) >= 11 is 0. The van der Waals surface area contributed by atoms with Gasteiger partial charge < -0.3 is 10.6 Å².